The zero-order valence-electron chi connectivity index (χ0n) is 10.5. The molecule has 4 heteroatoms. The predicted octanol–water partition coefficient (Wildman–Crippen LogP) is 3.33. The molecule has 0 bridgehead atoms. The first-order valence-electron chi connectivity index (χ1n) is 7.04. The molecular weight excluding hydrogens is 232 g/mol. The van der Waals surface area contributed by atoms with Gasteiger partial charge in [-0.25, -0.2) is 0 Å². The van der Waals surface area contributed by atoms with Crippen LogP contribution in [0.15, 0.2) is 0 Å². The van der Waals surface area contributed by atoms with Gasteiger partial charge in [0.05, 0.1) is 0 Å². The van der Waals surface area contributed by atoms with Crippen molar-refractivity contribution in [1.29, 1.82) is 0 Å². The third-order valence-corrected chi connectivity index (χ3v) is 4.34. The quantitative estimate of drug-likeness (QED) is 0.607. The van der Waals surface area contributed by atoms with E-state index < -0.39 is 0 Å². The number of rotatable bonds is 2. The number of nitrogens with zero attached hydrogens (tertiary/aromatic N) is 1. The first kappa shape index (κ1) is 13.1. The Hall–Kier alpha value is -0.350. The van der Waals surface area contributed by atoms with Crippen molar-refractivity contribution in [3.05, 3.63) is 5.21 Å². The Morgan fingerprint density at radius 2 is 1.47 bits per heavy atom. The first-order chi connectivity index (χ1) is 8.27. The van der Waals surface area contributed by atoms with Gasteiger partial charge in [-0.3, -0.25) is 0 Å². The Bertz CT molecular complexity index is 248. The third-order valence-electron chi connectivity index (χ3n) is 4.04. The molecule has 2 fully saturated rings. The molecular formula is C13H23N2OS-. The van der Waals surface area contributed by atoms with Crippen molar-refractivity contribution in [3.8, 4) is 0 Å². The van der Waals surface area contributed by atoms with Crippen molar-refractivity contribution in [2.75, 3.05) is 0 Å². The van der Waals surface area contributed by atoms with Crippen LogP contribution in [0.3, 0.4) is 0 Å². The van der Waals surface area contributed by atoms with Crippen molar-refractivity contribution >= 4 is 17.3 Å². The molecule has 0 aromatic rings. The van der Waals surface area contributed by atoms with Gasteiger partial charge in [-0.15, -0.1) is 0 Å². The SMILES string of the molecule is [O-]N(C(=S)NC1CCCCC1)C1CCCCC1. The summed E-state index contributed by atoms with van der Waals surface area (Å²) in [5, 5.41) is 16.9. The van der Waals surface area contributed by atoms with Crippen molar-refractivity contribution in [2.45, 2.75) is 76.3 Å². The summed E-state index contributed by atoms with van der Waals surface area (Å²) >= 11 is 5.24. The molecule has 0 amide bonds. The summed E-state index contributed by atoms with van der Waals surface area (Å²) in [6, 6.07) is 0.573. The molecule has 98 valence electrons. The zero-order valence-corrected chi connectivity index (χ0v) is 11.3. The largest absolute Gasteiger partial charge is 0.756 e. The fourth-order valence-electron chi connectivity index (χ4n) is 2.97. The predicted molar refractivity (Wildman–Crippen MR) is 74.7 cm³/mol. The molecule has 1 N–H and O–H groups in total. The maximum Gasteiger partial charge on any atom is 0.158 e. The number of thiocarbonyl (C=S) groups is 1. The molecule has 0 radical (unpaired) electrons. The number of hydrogen-bond acceptors (Lipinski definition) is 2. The zero-order chi connectivity index (χ0) is 12.1. The van der Waals surface area contributed by atoms with Crippen LogP contribution >= 0.6 is 12.2 Å². The number of nitrogens with one attached hydrogen (secondary N) is 1. The van der Waals surface area contributed by atoms with Crippen LogP contribution in [0.25, 0.3) is 0 Å². The normalized spacial score (nSPS) is 23.4. The first-order valence-corrected chi connectivity index (χ1v) is 7.45. The molecule has 2 rings (SSSR count). The average molecular weight is 255 g/mol. The molecule has 0 atom stereocenters. The Labute approximate surface area is 110 Å². The van der Waals surface area contributed by atoms with E-state index in [9.17, 15) is 5.21 Å². The molecule has 2 saturated carbocycles. The van der Waals surface area contributed by atoms with Crippen molar-refractivity contribution in [3.63, 3.8) is 0 Å². The minimum absolute atomic E-state index is 0.132. The standard InChI is InChI=1S/C13H23N2OS/c16-15(12-9-5-2-6-10-12)13(17)14-11-7-3-1-4-8-11/h11-12H,1-10H2,(H,14,17)/q-1. The van der Waals surface area contributed by atoms with E-state index in [4.69, 9.17) is 12.2 Å². The van der Waals surface area contributed by atoms with Crippen LogP contribution in [0.4, 0.5) is 0 Å². The van der Waals surface area contributed by atoms with E-state index in [0.29, 0.717) is 11.2 Å². The van der Waals surface area contributed by atoms with Gasteiger partial charge in [-0.1, -0.05) is 38.5 Å². The lowest BCUT2D eigenvalue weighted by molar-refractivity contribution is 0.292. The molecule has 0 aromatic carbocycles. The van der Waals surface area contributed by atoms with Crippen molar-refractivity contribution in [1.82, 2.24) is 10.4 Å². The van der Waals surface area contributed by atoms with Gasteiger partial charge in [0.2, 0.25) is 0 Å². The van der Waals surface area contributed by atoms with Gasteiger partial charge in [0, 0.05) is 12.1 Å². The Morgan fingerprint density at radius 1 is 0.941 bits per heavy atom. The van der Waals surface area contributed by atoms with Crippen LogP contribution in [0.5, 0.6) is 0 Å². The van der Waals surface area contributed by atoms with Crippen LogP contribution in [0.1, 0.15) is 64.2 Å². The van der Waals surface area contributed by atoms with Gasteiger partial charge in [0.1, 0.15) is 0 Å². The van der Waals surface area contributed by atoms with Gasteiger partial charge >= 0.3 is 0 Å². The van der Waals surface area contributed by atoms with E-state index in [0.717, 1.165) is 17.9 Å². The molecule has 2 aliphatic carbocycles. The monoisotopic (exact) mass is 255 g/mol. The highest BCUT2D eigenvalue weighted by Crippen LogP contribution is 2.23. The van der Waals surface area contributed by atoms with E-state index in [1.165, 1.54) is 51.4 Å². The fourth-order valence-corrected chi connectivity index (χ4v) is 3.28. The van der Waals surface area contributed by atoms with Crippen LogP contribution in [-0.2, 0) is 0 Å². The van der Waals surface area contributed by atoms with Gasteiger partial charge in [0.25, 0.3) is 0 Å². The Kier molecular flexibility index (Phi) is 5.04. The van der Waals surface area contributed by atoms with E-state index in [-0.39, 0.29) is 6.04 Å². The summed E-state index contributed by atoms with van der Waals surface area (Å²) < 4.78 is 0. The summed E-state index contributed by atoms with van der Waals surface area (Å²) in [6.07, 6.45) is 11.8. The molecule has 0 spiro atoms. The van der Waals surface area contributed by atoms with Crippen LogP contribution < -0.4 is 5.32 Å². The minimum atomic E-state index is 0.132. The van der Waals surface area contributed by atoms with E-state index in [1.807, 2.05) is 0 Å². The molecule has 0 saturated heterocycles. The smallest absolute Gasteiger partial charge is 0.158 e. The molecule has 0 heterocycles. The summed E-state index contributed by atoms with van der Waals surface area (Å²) in [4.78, 5) is 0. The van der Waals surface area contributed by atoms with Crippen LogP contribution in [-0.4, -0.2) is 22.3 Å². The highest BCUT2D eigenvalue weighted by molar-refractivity contribution is 7.80. The summed E-state index contributed by atoms with van der Waals surface area (Å²) in [5.74, 6) is 0. The van der Waals surface area contributed by atoms with E-state index >= 15 is 0 Å². The minimum Gasteiger partial charge on any atom is -0.756 e. The maximum absolute atomic E-state index is 12.1. The second kappa shape index (κ2) is 6.55. The van der Waals surface area contributed by atoms with E-state index in [1.54, 1.807) is 0 Å². The lowest BCUT2D eigenvalue weighted by Crippen LogP contribution is -2.47. The second-order valence-corrected chi connectivity index (χ2v) is 5.79. The maximum atomic E-state index is 12.1. The molecule has 3 nitrogen and oxygen atoms in total. The molecule has 0 unspecified atom stereocenters. The highest BCUT2D eigenvalue weighted by atomic mass is 32.1. The Balaban J connectivity index is 1.77. The molecule has 0 aromatic heterocycles. The summed E-state index contributed by atoms with van der Waals surface area (Å²) in [5.41, 5.74) is 0. The summed E-state index contributed by atoms with van der Waals surface area (Å²) in [7, 11) is 0. The number of hydrogen-bond donors (Lipinski definition) is 1. The highest BCUT2D eigenvalue weighted by Gasteiger charge is 2.19. The van der Waals surface area contributed by atoms with Crippen LogP contribution in [0.2, 0.25) is 0 Å². The Morgan fingerprint density at radius 3 is 2.06 bits per heavy atom. The van der Waals surface area contributed by atoms with Gasteiger partial charge in [-0.05, 0) is 37.9 Å². The van der Waals surface area contributed by atoms with Gasteiger partial charge < -0.3 is 15.6 Å². The van der Waals surface area contributed by atoms with Crippen LogP contribution in [0, 0.1) is 5.21 Å². The van der Waals surface area contributed by atoms with Crippen molar-refractivity contribution < 1.29 is 0 Å². The van der Waals surface area contributed by atoms with Gasteiger partial charge in [-0.2, -0.15) is 0 Å². The second-order valence-electron chi connectivity index (χ2n) is 5.40. The molecule has 17 heavy (non-hydrogen) atoms. The summed E-state index contributed by atoms with van der Waals surface area (Å²) in [6.45, 7) is 0. The van der Waals surface area contributed by atoms with E-state index in [2.05, 4.69) is 5.32 Å². The third kappa shape index (κ3) is 3.81. The van der Waals surface area contributed by atoms with Gasteiger partial charge in [0.15, 0.2) is 5.11 Å². The molecule has 0 aliphatic heterocycles. The molecule has 2 aliphatic rings. The average Bonchev–Trinajstić information content (AvgIpc) is 2.40. The fraction of sp³-hybridized carbons (Fsp3) is 0.923. The number of hydroxylamine groups is 2. The van der Waals surface area contributed by atoms with Crippen molar-refractivity contribution in [2.24, 2.45) is 0 Å². The topological polar surface area (TPSA) is 38.3 Å². The lowest BCUT2D eigenvalue weighted by Gasteiger charge is -2.42. The lowest BCUT2D eigenvalue weighted by atomic mass is 9.95.